The predicted octanol–water partition coefficient (Wildman–Crippen LogP) is 3.28. The highest BCUT2D eigenvalue weighted by atomic mass is 127. The van der Waals surface area contributed by atoms with E-state index in [2.05, 4.69) is 79.9 Å². The first kappa shape index (κ1) is 11.6. The third-order valence-electron chi connectivity index (χ3n) is 1.78. The highest BCUT2D eigenvalue weighted by molar-refractivity contribution is 14.1. The van der Waals surface area contributed by atoms with Crippen LogP contribution in [0.2, 0.25) is 0 Å². The van der Waals surface area contributed by atoms with Crippen LogP contribution in [-0.2, 0) is 4.74 Å². The van der Waals surface area contributed by atoms with Crippen molar-refractivity contribution in [2.24, 2.45) is 0 Å². The average molecular weight is 528 g/mol. The van der Waals surface area contributed by atoms with Crippen LogP contribution in [0.1, 0.15) is 0 Å². The van der Waals surface area contributed by atoms with Crippen molar-refractivity contribution < 1.29 is 9.47 Å². The van der Waals surface area contributed by atoms with E-state index in [9.17, 15) is 0 Å². The third-order valence-corrected chi connectivity index (χ3v) is 4.00. The van der Waals surface area contributed by atoms with Crippen molar-refractivity contribution in [2.75, 3.05) is 13.2 Å². The highest BCUT2D eigenvalue weighted by Crippen LogP contribution is 2.30. The van der Waals surface area contributed by atoms with Crippen molar-refractivity contribution in [3.63, 3.8) is 0 Å². The Morgan fingerprint density at radius 2 is 1.86 bits per heavy atom. The number of ether oxygens (including phenoxy) is 2. The van der Waals surface area contributed by atoms with Crippen molar-refractivity contribution in [1.82, 2.24) is 0 Å². The molecule has 1 fully saturated rings. The average Bonchev–Trinajstić information content (AvgIpc) is 2.85. The lowest BCUT2D eigenvalue weighted by atomic mass is 10.3. The molecular weight excluding hydrogens is 521 g/mol. The highest BCUT2D eigenvalue weighted by Gasteiger charge is 2.24. The van der Waals surface area contributed by atoms with Crippen LogP contribution in [0.25, 0.3) is 0 Å². The molecule has 0 radical (unpaired) electrons. The lowest BCUT2D eigenvalue weighted by Gasteiger charge is -2.09. The molecule has 76 valence electrons. The van der Waals surface area contributed by atoms with Crippen molar-refractivity contribution in [3.8, 4) is 5.75 Å². The molecule has 1 aromatic rings. The Kier molecular flexibility index (Phi) is 4.16. The van der Waals surface area contributed by atoms with Crippen LogP contribution in [0.4, 0.5) is 0 Å². The standard InChI is InChI=1S/C9H7I3O2/c10-5-1-7(11)9(8(12)2-5)14-4-6-3-13-6/h1-2,6H,3-4H2. The van der Waals surface area contributed by atoms with Gasteiger partial charge in [-0.3, -0.25) is 0 Å². The van der Waals surface area contributed by atoms with Crippen molar-refractivity contribution in [2.45, 2.75) is 6.10 Å². The molecule has 0 aliphatic carbocycles. The minimum atomic E-state index is 0.320. The Labute approximate surface area is 124 Å². The molecule has 0 spiro atoms. The first-order valence-electron chi connectivity index (χ1n) is 4.06. The van der Waals surface area contributed by atoms with Gasteiger partial charge in [-0.1, -0.05) is 0 Å². The van der Waals surface area contributed by atoms with Gasteiger partial charge < -0.3 is 9.47 Å². The number of rotatable bonds is 3. The van der Waals surface area contributed by atoms with Crippen LogP contribution in [0.15, 0.2) is 12.1 Å². The van der Waals surface area contributed by atoms with E-state index in [1.54, 1.807) is 0 Å². The van der Waals surface area contributed by atoms with Gasteiger partial charge in [-0.25, -0.2) is 0 Å². The van der Waals surface area contributed by atoms with E-state index in [1.807, 2.05) is 0 Å². The number of halogens is 3. The zero-order valence-electron chi connectivity index (χ0n) is 7.10. The number of epoxide rings is 1. The number of benzene rings is 1. The van der Waals surface area contributed by atoms with Gasteiger partial charge in [0.15, 0.2) is 0 Å². The fraction of sp³-hybridized carbons (Fsp3) is 0.333. The van der Waals surface area contributed by atoms with E-state index >= 15 is 0 Å². The van der Waals surface area contributed by atoms with Gasteiger partial charge in [0.1, 0.15) is 18.5 Å². The second-order valence-corrected chi connectivity index (χ2v) is 6.53. The molecular formula is C9H7I3O2. The summed E-state index contributed by atoms with van der Waals surface area (Å²) >= 11 is 6.92. The molecule has 1 heterocycles. The first-order chi connectivity index (χ1) is 6.66. The van der Waals surface area contributed by atoms with Crippen molar-refractivity contribution >= 4 is 67.8 Å². The van der Waals surface area contributed by atoms with Gasteiger partial charge in [0.2, 0.25) is 0 Å². The molecule has 0 N–H and O–H groups in total. The molecule has 2 nitrogen and oxygen atoms in total. The maximum absolute atomic E-state index is 5.70. The molecule has 14 heavy (non-hydrogen) atoms. The molecule has 1 aliphatic heterocycles. The number of hydrogen-bond acceptors (Lipinski definition) is 2. The van der Waals surface area contributed by atoms with E-state index in [4.69, 9.17) is 9.47 Å². The van der Waals surface area contributed by atoms with E-state index in [1.165, 1.54) is 10.7 Å². The topological polar surface area (TPSA) is 21.8 Å². The SMILES string of the molecule is Ic1cc(I)c(OCC2CO2)c(I)c1. The van der Waals surface area contributed by atoms with Gasteiger partial charge in [0.05, 0.1) is 13.7 Å². The normalized spacial score (nSPS) is 19.5. The summed E-state index contributed by atoms with van der Waals surface area (Å²) < 4.78 is 14.4. The van der Waals surface area contributed by atoms with Crippen LogP contribution in [-0.4, -0.2) is 19.3 Å². The predicted molar refractivity (Wildman–Crippen MR) is 79.8 cm³/mol. The molecule has 1 saturated heterocycles. The Bertz CT molecular complexity index is 327. The van der Waals surface area contributed by atoms with E-state index < -0.39 is 0 Å². The quantitative estimate of drug-likeness (QED) is 0.445. The van der Waals surface area contributed by atoms with Gasteiger partial charge in [-0.05, 0) is 79.9 Å². The van der Waals surface area contributed by atoms with Crippen LogP contribution in [0, 0.1) is 10.7 Å². The summed E-state index contributed by atoms with van der Waals surface area (Å²) in [5.41, 5.74) is 0. The molecule has 1 aromatic carbocycles. The summed E-state index contributed by atoms with van der Waals surface area (Å²) in [6, 6.07) is 4.23. The van der Waals surface area contributed by atoms with Gasteiger partial charge in [-0.2, -0.15) is 0 Å². The van der Waals surface area contributed by atoms with Crippen LogP contribution < -0.4 is 4.74 Å². The van der Waals surface area contributed by atoms with Crippen molar-refractivity contribution in [1.29, 1.82) is 0 Å². The second-order valence-electron chi connectivity index (χ2n) is 2.96. The third kappa shape index (κ3) is 3.08. The van der Waals surface area contributed by atoms with Crippen LogP contribution in [0.3, 0.4) is 0 Å². The largest absolute Gasteiger partial charge is 0.489 e. The van der Waals surface area contributed by atoms with Gasteiger partial charge >= 0.3 is 0 Å². The maximum Gasteiger partial charge on any atom is 0.146 e. The monoisotopic (exact) mass is 528 g/mol. The summed E-state index contributed by atoms with van der Waals surface area (Å²) in [7, 11) is 0. The molecule has 0 saturated carbocycles. The molecule has 1 aliphatic rings. The van der Waals surface area contributed by atoms with Gasteiger partial charge in [0.25, 0.3) is 0 Å². The lowest BCUT2D eigenvalue weighted by molar-refractivity contribution is 0.260. The van der Waals surface area contributed by atoms with Crippen LogP contribution in [0.5, 0.6) is 5.75 Å². The molecule has 1 unspecified atom stereocenters. The summed E-state index contributed by atoms with van der Waals surface area (Å²) in [4.78, 5) is 0. The van der Waals surface area contributed by atoms with Gasteiger partial charge in [0, 0.05) is 3.57 Å². The zero-order valence-corrected chi connectivity index (χ0v) is 13.6. The maximum atomic E-state index is 5.70. The fourth-order valence-electron chi connectivity index (χ4n) is 1.01. The molecule has 1 atom stereocenters. The van der Waals surface area contributed by atoms with E-state index in [-0.39, 0.29) is 0 Å². The number of hydrogen-bond donors (Lipinski definition) is 0. The minimum Gasteiger partial charge on any atom is -0.489 e. The Morgan fingerprint density at radius 3 is 2.36 bits per heavy atom. The molecule has 0 amide bonds. The minimum absolute atomic E-state index is 0.320. The smallest absolute Gasteiger partial charge is 0.146 e. The Hall–Kier alpha value is 1.17. The van der Waals surface area contributed by atoms with E-state index in [0.717, 1.165) is 12.4 Å². The van der Waals surface area contributed by atoms with Crippen LogP contribution >= 0.6 is 67.8 Å². The molecule has 2 rings (SSSR count). The van der Waals surface area contributed by atoms with Gasteiger partial charge in [-0.15, -0.1) is 0 Å². The summed E-state index contributed by atoms with van der Waals surface area (Å²) in [6.07, 6.45) is 0.320. The summed E-state index contributed by atoms with van der Waals surface area (Å²) in [5.74, 6) is 0.988. The van der Waals surface area contributed by atoms with Crippen molar-refractivity contribution in [3.05, 3.63) is 22.8 Å². The zero-order chi connectivity index (χ0) is 10.1. The second kappa shape index (κ2) is 5.00. The summed E-state index contributed by atoms with van der Waals surface area (Å²) in [6.45, 7) is 1.52. The Balaban J connectivity index is 2.13. The van der Waals surface area contributed by atoms with E-state index in [0.29, 0.717) is 12.7 Å². The lowest BCUT2D eigenvalue weighted by Crippen LogP contribution is -2.06. The fourth-order valence-corrected chi connectivity index (χ4v) is 4.90. The molecule has 0 bridgehead atoms. The summed E-state index contributed by atoms with van der Waals surface area (Å²) in [5, 5.41) is 0. The first-order valence-corrected chi connectivity index (χ1v) is 7.29. The molecule has 5 heteroatoms. The molecule has 0 aromatic heterocycles. The Morgan fingerprint density at radius 1 is 1.29 bits per heavy atom.